The lowest BCUT2D eigenvalue weighted by atomic mass is 10.2. The zero-order valence-corrected chi connectivity index (χ0v) is 20.3. The maximum absolute atomic E-state index is 13.3. The molecular formula is C23H27N3O5S2. The number of hydrogen-bond acceptors (Lipinski definition) is 7. The third-order valence-electron chi connectivity index (χ3n) is 5.84. The number of pyridine rings is 1. The molecule has 8 nitrogen and oxygen atoms in total. The summed E-state index contributed by atoms with van der Waals surface area (Å²) in [4.78, 5) is 6.77. The van der Waals surface area contributed by atoms with Crippen molar-refractivity contribution in [2.45, 2.75) is 16.7 Å². The standard InChI is InChI=1S/C23H27N3O5S2/c1-18-15-19-5-3-8-22(23(19)24-17-18)33(29,30)26-11-9-25(10-12-26)13-14-32(27,28)21-7-4-6-20(16-21)31-2/h3-8,15-17H,9-14H2,1-2H3. The zero-order chi connectivity index (χ0) is 23.6. The van der Waals surface area contributed by atoms with Crippen molar-refractivity contribution in [2.75, 3.05) is 45.6 Å². The van der Waals surface area contributed by atoms with Crippen molar-refractivity contribution in [3.8, 4) is 5.75 Å². The van der Waals surface area contributed by atoms with Crippen LogP contribution in [-0.2, 0) is 19.9 Å². The molecule has 1 aromatic heterocycles. The van der Waals surface area contributed by atoms with Crippen LogP contribution in [0.1, 0.15) is 5.56 Å². The van der Waals surface area contributed by atoms with Crippen LogP contribution in [0.25, 0.3) is 10.9 Å². The van der Waals surface area contributed by atoms with Crippen molar-refractivity contribution in [1.29, 1.82) is 0 Å². The van der Waals surface area contributed by atoms with Gasteiger partial charge in [0, 0.05) is 44.3 Å². The number of nitrogens with zero attached hydrogens (tertiary/aromatic N) is 3. The molecular weight excluding hydrogens is 462 g/mol. The lowest BCUT2D eigenvalue weighted by Gasteiger charge is -2.34. The van der Waals surface area contributed by atoms with Crippen LogP contribution < -0.4 is 4.74 Å². The summed E-state index contributed by atoms with van der Waals surface area (Å²) >= 11 is 0. The number of methoxy groups -OCH3 is 1. The Labute approximate surface area is 194 Å². The SMILES string of the molecule is COc1cccc(S(=O)(=O)CCN2CCN(S(=O)(=O)c3cccc4cc(C)cnc34)CC2)c1. The minimum atomic E-state index is -3.71. The highest BCUT2D eigenvalue weighted by molar-refractivity contribution is 7.91. The second-order valence-electron chi connectivity index (χ2n) is 8.08. The summed E-state index contributed by atoms with van der Waals surface area (Å²) in [6.07, 6.45) is 1.67. The number of aromatic nitrogens is 1. The fourth-order valence-corrected chi connectivity index (χ4v) is 6.85. The van der Waals surface area contributed by atoms with E-state index < -0.39 is 19.9 Å². The van der Waals surface area contributed by atoms with Crippen LogP contribution in [0, 0.1) is 6.92 Å². The molecule has 2 heterocycles. The number of piperazine rings is 1. The Kier molecular flexibility index (Phi) is 6.71. The third kappa shape index (κ3) is 5.03. The highest BCUT2D eigenvalue weighted by Gasteiger charge is 2.30. The molecule has 0 radical (unpaired) electrons. The molecule has 176 valence electrons. The van der Waals surface area contributed by atoms with Gasteiger partial charge in [0.05, 0.1) is 23.3 Å². The first-order chi connectivity index (χ1) is 15.7. The number of benzene rings is 2. The van der Waals surface area contributed by atoms with Gasteiger partial charge in [0.2, 0.25) is 10.0 Å². The molecule has 1 fully saturated rings. The molecule has 4 rings (SSSR count). The van der Waals surface area contributed by atoms with Crippen molar-refractivity contribution in [3.05, 3.63) is 60.3 Å². The van der Waals surface area contributed by atoms with Gasteiger partial charge in [-0.25, -0.2) is 16.8 Å². The van der Waals surface area contributed by atoms with Gasteiger partial charge >= 0.3 is 0 Å². The average Bonchev–Trinajstić information content (AvgIpc) is 2.82. The summed E-state index contributed by atoms with van der Waals surface area (Å²) in [6, 6.07) is 13.5. The third-order valence-corrected chi connectivity index (χ3v) is 9.46. The minimum Gasteiger partial charge on any atom is -0.497 e. The number of hydrogen-bond donors (Lipinski definition) is 0. The Balaban J connectivity index is 1.42. The summed E-state index contributed by atoms with van der Waals surface area (Å²) in [5.74, 6) is 0.451. The van der Waals surface area contributed by atoms with Crippen molar-refractivity contribution in [1.82, 2.24) is 14.2 Å². The van der Waals surface area contributed by atoms with Crippen LogP contribution in [0.5, 0.6) is 5.75 Å². The molecule has 0 N–H and O–H groups in total. The van der Waals surface area contributed by atoms with Crippen LogP contribution >= 0.6 is 0 Å². The first kappa shape index (κ1) is 23.6. The van der Waals surface area contributed by atoms with E-state index in [2.05, 4.69) is 4.98 Å². The maximum Gasteiger partial charge on any atom is 0.245 e. The van der Waals surface area contributed by atoms with Crippen molar-refractivity contribution in [2.24, 2.45) is 0 Å². The van der Waals surface area contributed by atoms with Gasteiger partial charge in [-0.1, -0.05) is 18.2 Å². The van der Waals surface area contributed by atoms with Crippen molar-refractivity contribution < 1.29 is 21.6 Å². The lowest BCUT2D eigenvalue weighted by molar-refractivity contribution is 0.197. The topological polar surface area (TPSA) is 96.9 Å². The van der Waals surface area contributed by atoms with Crippen LogP contribution in [0.4, 0.5) is 0 Å². The number of fused-ring (bicyclic) bond motifs is 1. The molecule has 0 saturated carbocycles. The average molecular weight is 490 g/mol. The molecule has 0 spiro atoms. The Bertz CT molecular complexity index is 1370. The predicted molar refractivity (Wildman–Crippen MR) is 127 cm³/mol. The fourth-order valence-electron chi connectivity index (χ4n) is 3.95. The Hall–Kier alpha value is -2.53. The lowest BCUT2D eigenvalue weighted by Crippen LogP contribution is -2.49. The number of sulfone groups is 1. The molecule has 1 aliphatic rings. The molecule has 2 aromatic carbocycles. The molecule has 10 heteroatoms. The van der Waals surface area contributed by atoms with E-state index in [9.17, 15) is 16.8 Å². The van der Waals surface area contributed by atoms with E-state index in [-0.39, 0.29) is 15.5 Å². The van der Waals surface area contributed by atoms with E-state index in [0.29, 0.717) is 44.0 Å². The van der Waals surface area contributed by atoms with Crippen molar-refractivity contribution in [3.63, 3.8) is 0 Å². The van der Waals surface area contributed by atoms with E-state index in [1.807, 2.05) is 24.0 Å². The van der Waals surface area contributed by atoms with E-state index >= 15 is 0 Å². The van der Waals surface area contributed by atoms with Crippen LogP contribution in [0.15, 0.2) is 64.5 Å². The monoisotopic (exact) mass is 489 g/mol. The largest absolute Gasteiger partial charge is 0.497 e. The highest BCUT2D eigenvalue weighted by atomic mass is 32.2. The zero-order valence-electron chi connectivity index (χ0n) is 18.6. The summed E-state index contributed by atoms with van der Waals surface area (Å²) < 4.78 is 58.6. The molecule has 1 aliphatic heterocycles. The fraction of sp³-hybridized carbons (Fsp3) is 0.348. The second kappa shape index (κ2) is 9.38. The van der Waals surface area contributed by atoms with E-state index in [4.69, 9.17) is 4.74 Å². The number of rotatable bonds is 7. The van der Waals surface area contributed by atoms with Crippen LogP contribution in [0.3, 0.4) is 0 Å². The predicted octanol–water partition coefficient (Wildman–Crippen LogP) is 2.33. The van der Waals surface area contributed by atoms with Gasteiger partial charge in [-0.3, -0.25) is 9.88 Å². The van der Waals surface area contributed by atoms with Gasteiger partial charge < -0.3 is 4.74 Å². The van der Waals surface area contributed by atoms with Gasteiger partial charge in [0.25, 0.3) is 0 Å². The number of aryl methyl sites for hydroxylation is 1. The van der Waals surface area contributed by atoms with Gasteiger partial charge in [-0.15, -0.1) is 0 Å². The quantitative estimate of drug-likeness (QED) is 0.502. The first-order valence-corrected chi connectivity index (χ1v) is 13.7. The first-order valence-electron chi connectivity index (χ1n) is 10.7. The maximum atomic E-state index is 13.3. The second-order valence-corrected chi connectivity index (χ2v) is 12.1. The van der Waals surface area contributed by atoms with Gasteiger partial charge in [0.1, 0.15) is 10.6 Å². The molecule has 0 bridgehead atoms. The van der Waals surface area contributed by atoms with Crippen molar-refractivity contribution >= 4 is 30.8 Å². The number of ether oxygens (including phenoxy) is 1. The van der Waals surface area contributed by atoms with Crippen LogP contribution in [0.2, 0.25) is 0 Å². The number of sulfonamides is 1. The Morgan fingerprint density at radius 1 is 0.970 bits per heavy atom. The molecule has 0 unspecified atom stereocenters. The summed E-state index contributed by atoms with van der Waals surface area (Å²) in [7, 11) is -5.68. The van der Waals surface area contributed by atoms with E-state index in [1.54, 1.807) is 36.5 Å². The van der Waals surface area contributed by atoms with Crippen LogP contribution in [-0.4, -0.2) is 76.6 Å². The molecule has 1 saturated heterocycles. The summed E-state index contributed by atoms with van der Waals surface area (Å²) in [5.41, 5.74) is 1.43. The molecule has 0 aliphatic carbocycles. The highest BCUT2D eigenvalue weighted by Crippen LogP contribution is 2.26. The van der Waals surface area contributed by atoms with E-state index in [0.717, 1.165) is 10.9 Å². The van der Waals surface area contributed by atoms with Gasteiger partial charge in [-0.2, -0.15) is 4.31 Å². The molecule has 3 aromatic rings. The Morgan fingerprint density at radius 2 is 1.70 bits per heavy atom. The normalized spacial score (nSPS) is 16.2. The molecule has 33 heavy (non-hydrogen) atoms. The van der Waals surface area contributed by atoms with E-state index in [1.165, 1.54) is 17.5 Å². The summed E-state index contributed by atoms with van der Waals surface area (Å²) in [5, 5.41) is 0.789. The molecule has 0 atom stereocenters. The smallest absolute Gasteiger partial charge is 0.245 e. The number of para-hydroxylation sites is 1. The van der Waals surface area contributed by atoms with Gasteiger partial charge in [0.15, 0.2) is 9.84 Å². The summed E-state index contributed by atoms with van der Waals surface area (Å²) in [6.45, 7) is 3.77. The Morgan fingerprint density at radius 3 is 2.42 bits per heavy atom. The minimum absolute atomic E-state index is 0.0422. The molecule has 0 amide bonds. The van der Waals surface area contributed by atoms with Gasteiger partial charge in [-0.05, 0) is 42.8 Å².